The van der Waals surface area contributed by atoms with E-state index in [1.807, 2.05) is 18.3 Å². The van der Waals surface area contributed by atoms with Crippen molar-refractivity contribution in [2.45, 2.75) is 50.2 Å². The predicted octanol–water partition coefficient (Wildman–Crippen LogP) is 4.55. The maximum atomic E-state index is 14.0. The molecule has 32 heavy (non-hydrogen) atoms. The molecular weight excluding hydrogens is 425 g/mol. The van der Waals surface area contributed by atoms with Crippen molar-refractivity contribution in [1.82, 2.24) is 20.8 Å². The topological polar surface area (TPSA) is 52.1 Å². The summed E-state index contributed by atoms with van der Waals surface area (Å²) in [4.78, 5) is 2.15. The standard InChI is InChI=1S/C24H28FN5OS/c1-2-3-14-31-19-10-8-17(9-11-19)21-15-22-23-26-27-24(29(23)12-13-30(22)28-21)32-16-18-6-4-5-7-20(18)25/h4-13,21-23,26,28H,2-3,14-16H2,1H3. The van der Waals surface area contributed by atoms with E-state index in [0.717, 1.165) is 36.8 Å². The Bertz CT molecular complexity index is 998. The summed E-state index contributed by atoms with van der Waals surface area (Å²) in [6.45, 7) is 2.93. The average Bonchev–Trinajstić information content (AvgIpc) is 3.43. The van der Waals surface area contributed by atoms with Crippen LogP contribution in [0.1, 0.15) is 43.4 Å². The van der Waals surface area contributed by atoms with Crippen LogP contribution in [0.2, 0.25) is 0 Å². The van der Waals surface area contributed by atoms with Gasteiger partial charge in [-0.3, -0.25) is 5.43 Å². The van der Waals surface area contributed by atoms with Crippen LogP contribution < -0.4 is 15.6 Å². The lowest BCUT2D eigenvalue weighted by atomic mass is 10.00. The number of hydrazine groups is 1. The Morgan fingerprint density at radius 3 is 2.81 bits per heavy atom. The zero-order valence-corrected chi connectivity index (χ0v) is 18.9. The monoisotopic (exact) mass is 453 g/mol. The van der Waals surface area contributed by atoms with Crippen LogP contribution in [0.15, 0.2) is 66.0 Å². The van der Waals surface area contributed by atoms with Gasteiger partial charge in [-0.25, -0.2) is 9.82 Å². The Morgan fingerprint density at radius 1 is 1.16 bits per heavy atom. The molecule has 2 aromatic carbocycles. The molecule has 2 N–H and O–H groups in total. The second-order valence-electron chi connectivity index (χ2n) is 8.22. The Balaban J connectivity index is 1.19. The Labute approximate surface area is 192 Å². The van der Waals surface area contributed by atoms with Crippen molar-refractivity contribution in [2.75, 3.05) is 6.61 Å². The molecule has 1 fully saturated rings. The van der Waals surface area contributed by atoms with Crippen LogP contribution >= 0.6 is 11.8 Å². The Kier molecular flexibility index (Phi) is 6.23. The fourth-order valence-corrected chi connectivity index (χ4v) is 5.22. The van der Waals surface area contributed by atoms with Crippen LogP contribution in [0.25, 0.3) is 0 Å². The highest BCUT2D eigenvalue weighted by Gasteiger charge is 2.44. The van der Waals surface area contributed by atoms with Crippen LogP contribution in [0.4, 0.5) is 4.39 Å². The summed E-state index contributed by atoms with van der Waals surface area (Å²) in [5.74, 6) is 1.30. The first-order valence-corrected chi connectivity index (χ1v) is 12.1. The second kappa shape index (κ2) is 9.42. The number of amidine groups is 1. The molecule has 0 bridgehead atoms. The van der Waals surface area contributed by atoms with E-state index in [-0.39, 0.29) is 24.1 Å². The molecular formula is C24H28FN5OS. The number of rotatable bonds is 7. The van der Waals surface area contributed by atoms with Gasteiger partial charge < -0.3 is 14.6 Å². The smallest absolute Gasteiger partial charge is 0.189 e. The van der Waals surface area contributed by atoms with Crippen LogP contribution in [-0.4, -0.2) is 33.9 Å². The number of thioether (sulfide) groups is 1. The molecule has 8 heteroatoms. The molecule has 3 heterocycles. The van der Waals surface area contributed by atoms with Crippen molar-refractivity contribution in [2.24, 2.45) is 5.10 Å². The summed E-state index contributed by atoms with van der Waals surface area (Å²) in [5.41, 5.74) is 8.83. The molecule has 3 aliphatic heterocycles. The lowest BCUT2D eigenvalue weighted by molar-refractivity contribution is 0.152. The minimum absolute atomic E-state index is 0.0530. The molecule has 0 saturated carbocycles. The van der Waals surface area contributed by atoms with Crippen molar-refractivity contribution >= 4 is 16.9 Å². The molecule has 0 aromatic heterocycles. The zero-order valence-electron chi connectivity index (χ0n) is 18.1. The molecule has 2 aromatic rings. The van der Waals surface area contributed by atoms with Gasteiger partial charge in [0.05, 0.1) is 18.7 Å². The second-order valence-corrected chi connectivity index (χ2v) is 9.16. The number of ether oxygens (including phenoxy) is 1. The van der Waals surface area contributed by atoms with Gasteiger partial charge in [0.15, 0.2) is 5.17 Å². The Morgan fingerprint density at radius 2 is 2.00 bits per heavy atom. The molecule has 6 nitrogen and oxygen atoms in total. The van der Waals surface area contributed by atoms with Gasteiger partial charge in [0.25, 0.3) is 0 Å². The summed E-state index contributed by atoms with van der Waals surface area (Å²) in [6, 6.07) is 15.8. The molecule has 0 radical (unpaired) electrons. The third-order valence-corrected chi connectivity index (χ3v) is 7.08. The summed E-state index contributed by atoms with van der Waals surface area (Å²) in [5, 5.41) is 7.58. The first kappa shape index (κ1) is 21.2. The van der Waals surface area contributed by atoms with Crippen LogP contribution in [0.5, 0.6) is 5.75 Å². The van der Waals surface area contributed by atoms with E-state index in [1.165, 1.54) is 11.6 Å². The third kappa shape index (κ3) is 4.29. The van der Waals surface area contributed by atoms with E-state index in [4.69, 9.17) is 4.74 Å². The van der Waals surface area contributed by atoms with Gasteiger partial charge in [0, 0.05) is 18.2 Å². The minimum Gasteiger partial charge on any atom is -0.494 e. The van der Waals surface area contributed by atoms with Gasteiger partial charge in [-0.1, -0.05) is 55.4 Å². The molecule has 3 aliphatic rings. The lowest BCUT2D eigenvalue weighted by Gasteiger charge is -2.36. The number of hydrogen-bond donors (Lipinski definition) is 2. The molecule has 168 valence electrons. The molecule has 0 spiro atoms. The highest BCUT2D eigenvalue weighted by Crippen LogP contribution is 2.36. The summed E-state index contributed by atoms with van der Waals surface area (Å²) in [7, 11) is 0. The Hall–Kier alpha value is -2.71. The molecule has 1 saturated heterocycles. The number of benzene rings is 2. The third-order valence-electron chi connectivity index (χ3n) is 6.07. The SMILES string of the molecule is CCCCOc1ccc(C2CC3C4NN=C(SCc5ccccc5F)N4C=CN3N2)cc1. The van der Waals surface area contributed by atoms with Gasteiger partial charge >= 0.3 is 0 Å². The van der Waals surface area contributed by atoms with Crippen molar-refractivity contribution < 1.29 is 9.13 Å². The predicted molar refractivity (Wildman–Crippen MR) is 126 cm³/mol. The molecule has 3 atom stereocenters. The van der Waals surface area contributed by atoms with E-state index in [1.54, 1.807) is 17.8 Å². The van der Waals surface area contributed by atoms with Crippen LogP contribution in [-0.2, 0) is 5.75 Å². The van der Waals surface area contributed by atoms with E-state index in [0.29, 0.717) is 11.3 Å². The number of unbranched alkanes of at least 4 members (excludes halogenated alkanes) is 1. The number of hydrazone groups is 1. The number of fused-ring (bicyclic) bond motifs is 3. The van der Waals surface area contributed by atoms with E-state index < -0.39 is 0 Å². The first-order chi connectivity index (χ1) is 15.7. The average molecular weight is 454 g/mol. The quantitative estimate of drug-likeness (QED) is 0.600. The maximum absolute atomic E-state index is 14.0. The van der Waals surface area contributed by atoms with E-state index in [9.17, 15) is 4.39 Å². The highest BCUT2D eigenvalue weighted by molar-refractivity contribution is 8.13. The molecule has 3 unspecified atom stereocenters. The van der Waals surface area contributed by atoms with Crippen molar-refractivity contribution in [1.29, 1.82) is 0 Å². The van der Waals surface area contributed by atoms with Gasteiger partial charge in [0.1, 0.15) is 17.7 Å². The summed E-state index contributed by atoms with van der Waals surface area (Å²) >= 11 is 1.55. The fraction of sp³-hybridized carbons (Fsp3) is 0.375. The van der Waals surface area contributed by atoms with Gasteiger partial charge in [-0.15, -0.1) is 0 Å². The normalized spacial score (nSPS) is 23.6. The number of halogens is 1. The number of nitrogens with one attached hydrogen (secondary N) is 2. The maximum Gasteiger partial charge on any atom is 0.189 e. The van der Waals surface area contributed by atoms with E-state index >= 15 is 0 Å². The number of nitrogens with zero attached hydrogens (tertiary/aromatic N) is 3. The molecule has 0 aliphatic carbocycles. The molecule has 0 amide bonds. The van der Waals surface area contributed by atoms with Crippen molar-refractivity contribution in [3.05, 3.63) is 77.9 Å². The van der Waals surface area contributed by atoms with Crippen LogP contribution in [0.3, 0.4) is 0 Å². The first-order valence-electron chi connectivity index (χ1n) is 11.2. The highest BCUT2D eigenvalue weighted by atomic mass is 32.2. The largest absolute Gasteiger partial charge is 0.494 e. The number of hydrogen-bond acceptors (Lipinski definition) is 7. The summed E-state index contributed by atoms with van der Waals surface area (Å²) < 4.78 is 19.8. The summed E-state index contributed by atoms with van der Waals surface area (Å²) in [6.07, 6.45) is 7.31. The van der Waals surface area contributed by atoms with E-state index in [2.05, 4.69) is 63.3 Å². The van der Waals surface area contributed by atoms with Gasteiger partial charge in [0.2, 0.25) is 0 Å². The zero-order chi connectivity index (χ0) is 21.9. The van der Waals surface area contributed by atoms with Crippen molar-refractivity contribution in [3.8, 4) is 5.75 Å². The minimum atomic E-state index is -0.173. The van der Waals surface area contributed by atoms with Gasteiger partial charge in [-0.05, 0) is 42.2 Å². The van der Waals surface area contributed by atoms with Crippen LogP contribution in [0, 0.1) is 5.82 Å². The van der Waals surface area contributed by atoms with Crippen molar-refractivity contribution in [3.63, 3.8) is 0 Å². The lowest BCUT2D eigenvalue weighted by Crippen LogP contribution is -2.54. The molecule has 5 rings (SSSR count). The fourth-order valence-electron chi connectivity index (χ4n) is 4.26. The van der Waals surface area contributed by atoms with Gasteiger partial charge in [-0.2, -0.15) is 5.10 Å².